The smallest absolute Gasteiger partial charge is 0.230 e. The van der Waals surface area contributed by atoms with Gasteiger partial charge >= 0.3 is 0 Å². The zero-order chi connectivity index (χ0) is 16.1. The Bertz CT molecular complexity index is 576. The van der Waals surface area contributed by atoms with Crippen molar-refractivity contribution in [1.82, 2.24) is 10.2 Å². The average molecular weight is 352 g/mol. The second-order valence-corrected chi connectivity index (χ2v) is 7.16. The number of rotatable bonds is 4. The maximum atomic E-state index is 11.9. The van der Waals surface area contributed by atoms with E-state index in [-0.39, 0.29) is 12.0 Å². The Balaban J connectivity index is 1.37. The molecule has 2 aliphatic heterocycles. The molecule has 1 N–H and O–H groups in total. The molecule has 1 atom stereocenters. The fourth-order valence-corrected chi connectivity index (χ4v) is 3.64. The van der Waals surface area contributed by atoms with Gasteiger partial charge in [-0.3, -0.25) is 4.79 Å². The van der Waals surface area contributed by atoms with Crippen LogP contribution in [0.4, 0.5) is 0 Å². The minimum absolute atomic E-state index is 0.0287. The van der Waals surface area contributed by atoms with E-state index in [4.69, 9.17) is 21.7 Å². The summed E-state index contributed by atoms with van der Waals surface area (Å²) in [4.78, 5) is 14.1. The lowest BCUT2D eigenvalue weighted by Gasteiger charge is -2.26. The minimum atomic E-state index is -0.163. The van der Waals surface area contributed by atoms with Gasteiger partial charge in [-0.1, -0.05) is 36.1 Å². The van der Waals surface area contributed by atoms with Gasteiger partial charge in [0.1, 0.15) is 17.0 Å². The predicted molar refractivity (Wildman–Crippen MR) is 95.2 cm³/mol. The van der Waals surface area contributed by atoms with E-state index in [1.54, 1.807) is 0 Å². The molecule has 0 aromatic heterocycles. The Morgan fingerprint density at radius 2 is 2.04 bits per heavy atom. The molecule has 0 aliphatic carbocycles. The summed E-state index contributed by atoms with van der Waals surface area (Å²) in [5, 5.41) is 2.89. The van der Waals surface area contributed by atoms with E-state index >= 15 is 0 Å². The van der Waals surface area contributed by atoms with Gasteiger partial charge in [0.25, 0.3) is 0 Å². The number of carbonyl (C=O) groups is 1. The Morgan fingerprint density at radius 3 is 2.83 bits per heavy atom. The van der Waals surface area contributed by atoms with Gasteiger partial charge in [0.2, 0.25) is 5.91 Å². The van der Waals surface area contributed by atoms with Crippen LogP contribution in [0, 0.1) is 0 Å². The molecule has 0 bridgehead atoms. The summed E-state index contributed by atoms with van der Waals surface area (Å²) in [6.07, 6.45) is 2.21. The van der Waals surface area contributed by atoms with Crippen molar-refractivity contribution in [2.75, 3.05) is 32.0 Å². The number of para-hydroxylation sites is 2. The van der Waals surface area contributed by atoms with Crippen LogP contribution in [0.25, 0.3) is 0 Å². The third kappa shape index (κ3) is 4.51. The van der Waals surface area contributed by atoms with Gasteiger partial charge in [0, 0.05) is 13.1 Å². The van der Waals surface area contributed by atoms with E-state index in [1.807, 2.05) is 24.3 Å². The number of nitrogens with one attached hydrogen (secondary N) is 1. The molecule has 1 amide bonds. The van der Waals surface area contributed by atoms with Crippen LogP contribution in [-0.2, 0) is 4.79 Å². The monoisotopic (exact) mass is 352 g/mol. The first-order chi connectivity index (χ1) is 11.2. The van der Waals surface area contributed by atoms with E-state index in [2.05, 4.69) is 10.2 Å². The molecular weight excluding hydrogens is 332 g/mol. The summed E-state index contributed by atoms with van der Waals surface area (Å²) in [6.45, 7) is 2.90. The highest BCUT2D eigenvalue weighted by Crippen LogP contribution is 2.30. The maximum Gasteiger partial charge on any atom is 0.230 e. The number of benzene rings is 1. The zero-order valence-electron chi connectivity index (χ0n) is 12.8. The molecule has 2 heterocycles. The molecule has 0 radical (unpaired) electrons. The van der Waals surface area contributed by atoms with Crippen molar-refractivity contribution in [3.63, 3.8) is 0 Å². The van der Waals surface area contributed by atoms with E-state index in [0.717, 1.165) is 28.9 Å². The number of hydrogen-bond acceptors (Lipinski definition) is 5. The van der Waals surface area contributed by atoms with Crippen LogP contribution in [0.3, 0.4) is 0 Å². The van der Waals surface area contributed by atoms with Crippen LogP contribution < -0.4 is 14.8 Å². The summed E-state index contributed by atoms with van der Waals surface area (Å²) in [7, 11) is 0. The number of carbonyl (C=O) groups excluding carboxylic acids is 1. The van der Waals surface area contributed by atoms with Gasteiger partial charge < -0.3 is 19.7 Å². The molecule has 2 aliphatic rings. The Labute approximate surface area is 145 Å². The fraction of sp³-hybridized carbons (Fsp3) is 0.500. The summed E-state index contributed by atoms with van der Waals surface area (Å²) in [5.41, 5.74) is 0. The van der Waals surface area contributed by atoms with Crippen molar-refractivity contribution in [3.05, 3.63) is 24.3 Å². The summed E-state index contributed by atoms with van der Waals surface area (Å²) < 4.78 is 12.3. The van der Waals surface area contributed by atoms with Crippen LogP contribution >= 0.6 is 24.0 Å². The molecule has 1 saturated heterocycles. The van der Waals surface area contributed by atoms with Crippen molar-refractivity contribution < 1.29 is 14.3 Å². The fourth-order valence-electron chi connectivity index (χ4n) is 2.56. The lowest BCUT2D eigenvalue weighted by Crippen LogP contribution is -2.41. The molecule has 0 saturated carbocycles. The third-order valence-electron chi connectivity index (χ3n) is 3.79. The molecule has 7 heteroatoms. The van der Waals surface area contributed by atoms with Crippen LogP contribution in [-0.4, -0.2) is 53.2 Å². The molecule has 1 fully saturated rings. The van der Waals surface area contributed by atoms with E-state index in [0.29, 0.717) is 18.9 Å². The molecule has 23 heavy (non-hydrogen) atoms. The molecule has 5 nitrogen and oxygen atoms in total. The van der Waals surface area contributed by atoms with Gasteiger partial charge in [0.15, 0.2) is 11.5 Å². The number of nitrogens with zero attached hydrogens (tertiary/aromatic N) is 1. The number of amides is 1. The first-order valence-electron chi connectivity index (χ1n) is 7.79. The van der Waals surface area contributed by atoms with E-state index < -0.39 is 0 Å². The third-order valence-corrected chi connectivity index (χ3v) is 5.31. The lowest BCUT2D eigenvalue weighted by molar-refractivity contribution is -0.119. The average Bonchev–Trinajstić information content (AvgIpc) is 3.12. The molecule has 3 rings (SSSR count). The quantitative estimate of drug-likeness (QED) is 0.837. The normalized spacial score (nSPS) is 19.5. The first-order valence-corrected chi connectivity index (χ1v) is 9.18. The number of ether oxygens (including phenoxy) is 2. The number of likely N-dealkylation sites (tertiary alicyclic amines) is 1. The number of thiocarbonyl (C=S) groups is 1. The van der Waals surface area contributed by atoms with Crippen molar-refractivity contribution in [1.29, 1.82) is 0 Å². The lowest BCUT2D eigenvalue weighted by atomic mass is 10.2. The second-order valence-electron chi connectivity index (χ2n) is 5.55. The first kappa shape index (κ1) is 16.4. The molecule has 0 unspecified atom stereocenters. The Morgan fingerprint density at radius 1 is 1.30 bits per heavy atom. The van der Waals surface area contributed by atoms with Gasteiger partial charge in [-0.15, -0.1) is 0 Å². The molecule has 0 spiro atoms. The van der Waals surface area contributed by atoms with Gasteiger partial charge in [0.05, 0.1) is 12.3 Å². The maximum absolute atomic E-state index is 11.9. The highest BCUT2D eigenvalue weighted by molar-refractivity contribution is 8.23. The largest absolute Gasteiger partial charge is 0.486 e. The number of fused-ring (bicyclic) bond motifs is 1. The van der Waals surface area contributed by atoms with E-state index in [1.165, 1.54) is 24.6 Å². The Kier molecular flexibility index (Phi) is 5.61. The van der Waals surface area contributed by atoms with Crippen molar-refractivity contribution in [2.24, 2.45) is 0 Å². The second kappa shape index (κ2) is 7.88. The highest BCUT2D eigenvalue weighted by atomic mass is 32.2. The van der Waals surface area contributed by atoms with Crippen LogP contribution in [0.5, 0.6) is 11.5 Å². The van der Waals surface area contributed by atoms with Gasteiger partial charge in [-0.2, -0.15) is 0 Å². The van der Waals surface area contributed by atoms with Crippen LogP contribution in [0.15, 0.2) is 24.3 Å². The number of thioether (sulfide) groups is 1. The topological polar surface area (TPSA) is 50.8 Å². The molecule has 124 valence electrons. The van der Waals surface area contributed by atoms with Gasteiger partial charge in [-0.05, 0) is 25.0 Å². The summed E-state index contributed by atoms with van der Waals surface area (Å²) >= 11 is 6.78. The van der Waals surface area contributed by atoms with Crippen molar-refractivity contribution in [3.8, 4) is 11.5 Å². The summed E-state index contributed by atoms with van der Waals surface area (Å²) in [6, 6.07) is 7.55. The standard InChI is InChI=1S/C16H20N2O3S2/c19-15(11-23-16(22)18-7-3-4-8-18)17-9-12-10-20-13-5-1-2-6-14(13)21-12/h1-2,5-6,12H,3-4,7-11H2,(H,17,19)/t12-/m1/s1. The number of hydrogen-bond donors (Lipinski definition) is 1. The van der Waals surface area contributed by atoms with Crippen LogP contribution in [0.2, 0.25) is 0 Å². The van der Waals surface area contributed by atoms with Crippen LogP contribution in [0.1, 0.15) is 12.8 Å². The Hall–Kier alpha value is -1.47. The zero-order valence-corrected chi connectivity index (χ0v) is 14.5. The predicted octanol–water partition coefficient (Wildman–Crippen LogP) is 2.06. The van der Waals surface area contributed by atoms with E-state index in [9.17, 15) is 4.79 Å². The van der Waals surface area contributed by atoms with Crippen molar-refractivity contribution in [2.45, 2.75) is 18.9 Å². The highest BCUT2D eigenvalue weighted by Gasteiger charge is 2.21. The molecule has 1 aromatic rings. The minimum Gasteiger partial charge on any atom is -0.486 e. The SMILES string of the molecule is O=C(CSC(=S)N1CCCC1)NC[C@@H]1COc2ccccc2O1. The van der Waals surface area contributed by atoms with Gasteiger partial charge in [-0.25, -0.2) is 0 Å². The van der Waals surface area contributed by atoms with Crippen molar-refractivity contribution >= 4 is 34.2 Å². The molecule has 1 aromatic carbocycles. The molecular formula is C16H20N2O3S2. The summed E-state index contributed by atoms with van der Waals surface area (Å²) in [5.74, 6) is 1.79.